The fourth-order valence-electron chi connectivity index (χ4n) is 3.59. The highest BCUT2D eigenvalue weighted by Crippen LogP contribution is 2.36. The third-order valence-electron chi connectivity index (χ3n) is 5.26. The van der Waals surface area contributed by atoms with Crippen LogP contribution in [0.25, 0.3) is 11.3 Å². The summed E-state index contributed by atoms with van der Waals surface area (Å²) in [5, 5.41) is 3.61. The van der Waals surface area contributed by atoms with Crippen LogP contribution in [0.5, 0.6) is 11.5 Å². The Kier molecular flexibility index (Phi) is 6.99. The maximum atomic E-state index is 13.0. The maximum Gasteiger partial charge on any atom is 0.234 e. The van der Waals surface area contributed by atoms with Crippen molar-refractivity contribution >= 4 is 17.7 Å². The number of nitrogens with one attached hydrogen (secondary N) is 1. The number of carbonyl (C=O) groups is 1. The molecule has 0 spiro atoms. The van der Waals surface area contributed by atoms with Crippen molar-refractivity contribution in [1.82, 2.24) is 19.9 Å². The van der Waals surface area contributed by atoms with Gasteiger partial charge in [-0.15, -0.1) is 0 Å². The van der Waals surface area contributed by atoms with E-state index in [0.717, 1.165) is 40.0 Å². The Bertz CT molecular complexity index is 1070. The van der Waals surface area contributed by atoms with Crippen LogP contribution in [0, 0.1) is 5.92 Å². The van der Waals surface area contributed by atoms with Gasteiger partial charge in [0, 0.05) is 31.0 Å². The van der Waals surface area contributed by atoms with Gasteiger partial charge in [-0.05, 0) is 42.7 Å². The highest BCUT2D eigenvalue weighted by molar-refractivity contribution is 8.00. The second kappa shape index (κ2) is 10.1. The number of pyridine rings is 1. The van der Waals surface area contributed by atoms with E-state index in [1.807, 2.05) is 36.5 Å². The molecular formula is C24H28N4O3S. The van der Waals surface area contributed by atoms with E-state index >= 15 is 0 Å². The van der Waals surface area contributed by atoms with Gasteiger partial charge in [-0.2, -0.15) is 0 Å². The number of benzene rings is 1. The molecule has 7 nitrogen and oxygen atoms in total. The van der Waals surface area contributed by atoms with Crippen LogP contribution in [0.3, 0.4) is 0 Å². The van der Waals surface area contributed by atoms with Gasteiger partial charge in [0.05, 0.1) is 17.1 Å². The van der Waals surface area contributed by atoms with Crippen molar-refractivity contribution in [2.75, 3.05) is 13.2 Å². The topological polar surface area (TPSA) is 78.3 Å². The number of carbonyl (C=O) groups excluding carboxylic acids is 1. The van der Waals surface area contributed by atoms with Crippen LogP contribution in [0.15, 0.2) is 54.1 Å². The zero-order chi connectivity index (χ0) is 22.5. The Labute approximate surface area is 192 Å². The van der Waals surface area contributed by atoms with Crippen molar-refractivity contribution in [2.45, 2.75) is 44.3 Å². The molecule has 3 aromatic rings. The predicted molar refractivity (Wildman–Crippen MR) is 125 cm³/mol. The molecule has 1 unspecified atom stereocenters. The first-order valence-electron chi connectivity index (χ1n) is 10.9. The molecule has 0 aliphatic carbocycles. The molecule has 0 saturated heterocycles. The van der Waals surface area contributed by atoms with Gasteiger partial charge in [0.25, 0.3) is 0 Å². The molecule has 3 heterocycles. The van der Waals surface area contributed by atoms with E-state index in [4.69, 9.17) is 9.47 Å². The van der Waals surface area contributed by atoms with Crippen LogP contribution in [0.2, 0.25) is 0 Å². The van der Waals surface area contributed by atoms with E-state index in [9.17, 15) is 4.79 Å². The molecule has 32 heavy (non-hydrogen) atoms. The quantitative estimate of drug-likeness (QED) is 0.517. The van der Waals surface area contributed by atoms with Gasteiger partial charge in [-0.1, -0.05) is 31.7 Å². The molecule has 2 aromatic heterocycles. The first-order valence-corrected chi connectivity index (χ1v) is 11.7. The molecule has 1 aliphatic rings. The zero-order valence-electron chi connectivity index (χ0n) is 18.6. The number of nitrogens with zero attached hydrogens (tertiary/aromatic N) is 3. The number of hydrogen-bond acceptors (Lipinski definition) is 6. The lowest BCUT2D eigenvalue weighted by Gasteiger charge is -2.21. The summed E-state index contributed by atoms with van der Waals surface area (Å²) in [5.41, 5.74) is 2.98. The third-order valence-corrected chi connectivity index (χ3v) is 6.81. The van der Waals surface area contributed by atoms with E-state index < -0.39 is 0 Å². The third kappa shape index (κ3) is 4.91. The van der Waals surface area contributed by atoms with Crippen molar-refractivity contribution in [2.24, 2.45) is 5.92 Å². The largest absolute Gasteiger partial charge is 0.486 e. The average Bonchev–Trinajstić information content (AvgIpc) is 3.23. The number of fused-ring (bicyclic) bond motifs is 1. The van der Waals surface area contributed by atoms with Gasteiger partial charge in [0.1, 0.15) is 13.2 Å². The number of hydrogen-bond donors (Lipinski definition) is 1. The lowest BCUT2D eigenvalue weighted by atomic mass is 10.1. The van der Waals surface area contributed by atoms with Gasteiger partial charge in [0.15, 0.2) is 16.7 Å². The number of ether oxygens (including phenoxy) is 2. The minimum atomic E-state index is -0.257. The van der Waals surface area contributed by atoms with E-state index in [0.29, 0.717) is 19.8 Å². The van der Waals surface area contributed by atoms with Gasteiger partial charge < -0.3 is 19.4 Å². The molecular weight excluding hydrogens is 424 g/mol. The Balaban J connectivity index is 1.52. The minimum absolute atomic E-state index is 0.000357. The molecule has 1 N–H and O–H groups in total. The number of imidazole rings is 1. The fraction of sp³-hybridized carbons (Fsp3) is 0.375. The monoisotopic (exact) mass is 452 g/mol. The summed E-state index contributed by atoms with van der Waals surface area (Å²) >= 11 is 1.50. The van der Waals surface area contributed by atoms with Gasteiger partial charge >= 0.3 is 0 Å². The zero-order valence-corrected chi connectivity index (χ0v) is 19.4. The average molecular weight is 453 g/mol. The lowest BCUT2D eigenvalue weighted by molar-refractivity contribution is -0.121. The Hall–Kier alpha value is -3.00. The first-order chi connectivity index (χ1) is 15.6. The summed E-state index contributed by atoms with van der Waals surface area (Å²) in [6.45, 7) is 8.52. The highest BCUT2D eigenvalue weighted by Gasteiger charge is 2.26. The maximum absolute atomic E-state index is 13.0. The number of aromatic nitrogens is 3. The number of thioether (sulfide) groups is 1. The van der Waals surface area contributed by atoms with Crippen LogP contribution in [0.4, 0.5) is 0 Å². The number of amides is 1. The predicted octanol–water partition coefficient (Wildman–Crippen LogP) is 4.17. The molecule has 1 amide bonds. The highest BCUT2D eigenvalue weighted by atomic mass is 32.2. The van der Waals surface area contributed by atoms with Crippen LogP contribution in [-0.2, 0) is 17.9 Å². The van der Waals surface area contributed by atoms with Gasteiger partial charge in [-0.3, -0.25) is 9.78 Å². The first kappa shape index (κ1) is 22.2. The molecule has 1 aromatic carbocycles. The standard InChI is InChI=1S/C24H28N4O3S/c1-4-28-19(18-7-8-20-21(12-18)31-11-10-30-20)15-27-24(28)32-22(16(2)3)23(29)26-14-17-6-5-9-25-13-17/h5-9,12-13,15-16,22H,4,10-11,14H2,1-3H3,(H,26,29). The second-order valence-corrected chi connectivity index (χ2v) is 9.00. The van der Waals surface area contributed by atoms with Crippen molar-refractivity contribution < 1.29 is 14.3 Å². The molecule has 0 radical (unpaired) electrons. The Morgan fingerprint density at radius 2 is 2.00 bits per heavy atom. The fourth-order valence-corrected chi connectivity index (χ4v) is 4.75. The minimum Gasteiger partial charge on any atom is -0.486 e. The lowest BCUT2D eigenvalue weighted by Crippen LogP contribution is -2.35. The number of rotatable bonds is 8. The van der Waals surface area contributed by atoms with Gasteiger partial charge in [-0.25, -0.2) is 4.98 Å². The van der Waals surface area contributed by atoms with Crippen molar-refractivity contribution in [3.8, 4) is 22.8 Å². The van der Waals surface area contributed by atoms with Crippen LogP contribution in [0.1, 0.15) is 26.3 Å². The molecule has 1 aliphatic heterocycles. The molecule has 0 saturated carbocycles. The Morgan fingerprint density at radius 3 is 2.72 bits per heavy atom. The molecule has 4 rings (SSSR count). The van der Waals surface area contributed by atoms with Crippen LogP contribution in [-0.4, -0.2) is 38.9 Å². The molecule has 1 atom stereocenters. The molecule has 0 fully saturated rings. The summed E-state index contributed by atoms with van der Waals surface area (Å²) in [4.78, 5) is 21.7. The smallest absolute Gasteiger partial charge is 0.234 e. The summed E-state index contributed by atoms with van der Waals surface area (Å²) in [7, 11) is 0. The summed E-state index contributed by atoms with van der Waals surface area (Å²) in [6.07, 6.45) is 5.35. The van der Waals surface area contributed by atoms with Crippen LogP contribution >= 0.6 is 11.8 Å². The van der Waals surface area contributed by atoms with Crippen LogP contribution < -0.4 is 14.8 Å². The summed E-state index contributed by atoms with van der Waals surface area (Å²) in [6, 6.07) is 9.77. The van der Waals surface area contributed by atoms with E-state index in [-0.39, 0.29) is 17.1 Å². The van der Waals surface area contributed by atoms with E-state index in [1.54, 1.807) is 12.4 Å². The van der Waals surface area contributed by atoms with E-state index in [2.05, 4.69) is 40.6 Å². The van der Waals surface area contributed by atoms with Crippen molar-refractivity contribution in [3.05, 3.63) is 54.5 Å². The normalized spacial score (nSPS) is 13.8. The molecule has 8 heteroatoms. The van der Waals surface area contributed by atoms with Crippen molar-refractivity contribution in [1.29, 1.82) is 0 Å². The van der Waals surface area contributed by atoms with E-state index in [1.165, 1.54) is 11.8 Å². The SMILES string of the molecule is CCn1c(-c2ccc3c(c2)OCCO3)cnc1SC(C(=O)NCc1cccnc1)C(C)C. The summed E-state index contributed by atoms with van der Waals surface area (Å²) in [5.74, 6) is 1.66. The van der Waals surface area contributed by atoms with Gasteiger partial charge in [0.2, 0.25) is 5.91 Å². The summed E-state index contributed by atoms with van der Waals surface area (Å²) < 4.78 is 13.5. The second-order valence-electron chi connectivity index (χ2n) is 7.89. The molecule has 0 bridgehead atoms. The Morgan fingerprint density at radius 1 is 1.19 bits per heavy atom. The molecule has 168 valence electrons. The van der Waals surface area contributed by atoms with Crippen molar-refractivity contribution in [3.63, 3.8) is 0 Å².